The van der Waals surface area contributed by atoms with Gasteiger partial charge in [-0.2, -0.15) is 0 Å². The maximum atomic E-state index is 12.7. The van der Waals surface area contributed by atoms with Crippen molar-refractivity contribution >= 4 is 23.5 Å². The molecule has 2 bridgehead atoms. The van der Waals surface area contributed by atoms with Crippen LogP contribution in [-0.2, 0) is 16.1 Å². The molecule has 1 heterocycles. The molecule has 1 saturated heterocycles. The van der Waals surface area contributed by atoms with Gasteiger partial charge in [0.25, 0.3) is 0 Å². The molecule has 1 aliphatic heterocycles. The van der Waals surface area contributed by atoms with E-state index in [4.69, 9.17) is 11.6 Å². The number of allylic oxidation sites excluding steroid dienone is 1. The zero-order valence-corrected chi connectivity index (χ0v) is 13.2. The molecule has 3 rings (SSSR count). The summed E-state index contributed by atoms with van der Waals surface area (Å²) in [7, 11) is 0. The zero-order valence-electron chi connectivity index (χ0n) is 12.5. The lowest BCUT2D eigenvalue weighted by Crippen LogP contribution is -2.39. The van der Waals surface area contributed by atoms with Crippen LogP contribution in [0.1, 0.15) is 19.4 Å². The van der Waals surface area contributed by atoms with E-state index < -0.39 is 17.8 Å². The minimum atomic E-state index is -0.888. The normalized spacial score (nSPS) is 30.4. The third kappa shape index (κ3) is 2.31. The fourth-order valence-corrected chi connectivity index (χ4v) is 3.95. The van der Waals surface area contributed by atoms with Crippen molar-refractivity contribution in [2.75, 3.05) is 0 Å². The molecule has 1 aliphatic carbocycles. The minimum Gasteiger partial charge on any atom is -0.481 e. The Morgan fingerprint density at radius 1 is 1.32 bits per heavy atom. The van der Waals surface area contributed by atoms with Crippen molar-refractivity contribution in [1.82, 2.24) is 4.90 Å². The van der Waals surface area contributed by atoms with E-state index in [9.17, 15) is 14.7 Å². The Morgan fingerprint density at radius 3 is 2.55 bits per heavy atom. The first-order chi connectivity index (χ1) is 10.4. The predicted octanol–water partition coefficient (Wildman–Crippen LogP) is 2.96. The number of hydrogen-bond acceptors (Lipinski definition) is 2. The molecule has 4 atom stereocenters. The van der Waals surface area contributed by atoms with Crippen molar-refractivity contribution in [3.8, 4) is 0 Å². The Bertz CT molecular complexity index is 652. The van der Waals surface area contributed by atoms with E-state index in [2.05, 4.69) is 0 Å². The van der Waals surface area contributed by atoms with E-state index >= 15 is 0 Å². The first kappa shape index (κ1) is 15.1. The van der Waals surface area contributed by atoms with Crippen LogP contribution in [0.3, 0.4) is 0 Å². The van der Waals surface area contributed by atoms with E-state index in [0.717, 1.165) is 11.1 Å². The predicted molar refractivity (Wildman–Crippen MR) is 83.3 cm³/mol. The number of fused-ring (bicyclic) bond motifs is 2. The zero-order chi connectivity index (χ0) is 16.0. The molecule has 1 aromatic carbocycles. The molecule has 5 heteroatoms. The van der Waals surface area contributed by atoms with Crippen molar-refractivity contribution in [3.63, 3.8) is 0 Å². The average molecular weight is 320 g/mol. The summed E-state index contributed by atoms with van der Waals surface area (Å²) >= 11 is 5.89. The molecule has 22 heavy (non-hydrogen) atoms. The first-order valence-electron chi connectivity index (χ1n) is 7.36. The summed E-state index contributed by atoms with van der Waals surface area (Å²) in [6.45, 7) is 4.25. The summed E-state index contributed by atoms with van der Waals surface area (Å²) in [5, 5.41) is 10.2. The topological polar surface area (TPSA) is 57.6 Å². The number of benzene rings is 1. The van der Waals surface area contributed by atoms with E-state index in [1.165, 1.54) is 0 Å². The van der Waals surface area contributed by atoms with Crippen LogP contribution in [0.5, 0.6) is 0 Å². The highest BCUT2D eigenvalue weighted by Crippen LogP contribution is 2.44. The maximum Gasteiger partial charge on any atom is 0.309 e. The van der Waals surface area contributed by atoms with Gasteiger partial charge in [0.2, 0.25) is 5.91 Å². The van der Waals surface area contributed by atoms with Crippen molar-refractivity contribution in [2.24, 2.45) is 17.8 Å². The number of amides is 1. The third-order valence-electron chi connectivity index (χ3n) is 4.74. The Balaban J connectivity index is 1.95. The van der Waals surface area contributed by atoms with Gasteiger partial charge >= 0.3 is 5.97 Å². The summed E-state index contributed by atoms with van der Waals surface area (Å²) < 4.78 is 0. The lowest BCUT2D eigenvalue weighted by Gasteiger charge is -2.30. The molecule has 1 aromatic rings. The van der Waals surface area contributed by atoms with Gasteiger partial charge < -0.3 is 10.0 Å². The standard InChI is InChI=1S/C17H18ClNO3/c1-9-7-10(2)15-14(17(21)22)13(9)16(20)19(15)8-11-3-5-12(18)6-4-11/h3-7,9,13-15H,8H2,1-2H3,(H,21,22). The molecular weight excluding hydrogens is 302 g/mol. The van der Waals surface area contributed by atoms with Gasteiger partial charge in [-0.25, -0.2) is 0 Å². The number of carbonyl (C=O) groups excluding carboxylic acids is 1. The fourth-order valence-electron chi connectivity index (χ4n) is 3.82. The molecule has 4 nitrogen and oxygen atoms in total. The van der Waals surface area contributed by atoms with Gasteiger partial charge in [0.05, 0.1) is 17.9 Å². The van der Waals surface area contributed by atoms with Crippen molar-refractivity contribution in [3.05, 3.63) is 46.5 Å². The van der Waals surface area contributed by atoms with Crippen molar-refractivity contribution in [1.29, 1.82) is 0 Å². The van der Waals surface area contributed by atoms with E-state index in [0.29, 0.717) is 11.6 Å². The van der Waals surface area contributed by atoms with Gasteiger partial charge in [-0.3, -0.25) is 9.59 Å². The van der Waals surface area contributed by atoms with Gasteiger partial charge in [0.15, 0.2) is 0 Å². The van der Waals surface area contributed by atoms with Crippen molar-refractivity contribution < 1.29 is 14.7 Å². The van der Waals surface area contributed by atoms with Crippen LogP contribution >= 0.6 is 11.6 Å². The number of carboxylic acid groups (broad SMARTS) is 1. The number of likely N-dealkylation sites (tertiary alicyclic amines) is 1. The monoisotopic (exact) mass is 319 g/mol. The SMILES string of the molecule is CC1=CC(C)C2C(=O)N(Cc3ccc(Cl)cc3)C1C2C(=O)O. The van der Waals surface area contributed by atoms with Crippen LogP contribution in [0, 0.1) is 17.8 Å². The third-order valence-corrected chi connectivity index (χ3v) is 4.99. The second kappa shape index (κ2) is 5.43. The number of halogens is 1. The van der Waals surface area contributed by atoms with Crippen LogP contribution in [0.15, 0.2) is 35.9 Å². The molecule has 1 amide bonds. The van der Waals surface area contributed by atoms with Crippen LogP contribution < -0.4 is 0 Å². The Kier molecular flexibility index (Phi) is 3.73. The highest BCUT2D eigenvalue weighted by Gasteiger charge is 2.55. The Labute approximate surface area is 134 Å². The molecule has 0 saturated carbocycles. The molecule has 116 valence electrons. The molecule has 0 aromatic heterocycles. The van der Waals surface area contributed by atoms with Crippen LogP contribution in [0.4, 0.5) is 0 Å². The lowest BCUT2D eigenvalue weighted by atomic mass is 9.74. The minimum absolute atomic E-state index is 0.0416. The summed E-state index contributed by atoms with van der Waals surface area (Å²) in [6, 6.07) is 6.96. The van der Waals surface area contributed by atoms with Crippen LogP contribution in [0.25, 0.3) is 0 Å². The maximum absolute atomic E-state index is 12.7. The summed E-state index contributed by atoms with van der Waals surface area (Å²) in [4.78, 5) is 26.1. The van der Waals surface area contributed by atoms with Gasteiger partial charge in [-0.1, -0.05) is 42.3 Å². The molecule has 1 fully saturated rings. The van der Waals surface area contributed by atoms with Gasteiger partial charge in [-0.05, 0) is 30.5 Å². The average Bonchev–Trinajstić information content (AvgIpc) is 2.70. The number of hydrogen-bond donors (Lipinski definition) is 1. The van der Waals surface area contributed by atoms with Gasteiger partial charge in [0, 0.05) is 11.6 Å². The summed E-state index contributed by atoms with van der Waals surface area (Å²) in [6.07, 6.45) is 2.04. The second-order valence-electron chi connectivity index (χ2n) is 6.20. The lowest BCUT2D eigenvalue weighted by molar-refractivity contribution is -0.145. The molecule has 1 N–H and O–H groups in total. The fraction of sp³-hybridized carbons (Fsp3) is 0.412. The van der Waals surface area contributed by atoms with Crippen LogP contribution in [-0.4, -0.2) is 27.9 Å². The van der Waals surface area contributed by atoms with E-state index in [1.54, 1.807) is 17.0 Å². The van der Waals surface area contributed by atoms with Crippen molar-refractivity contribution in [2.45, 2.75) is 26.4 Å². The Hall–Kier alpha value is -1.81. The molecular formula is C17H18ClNO3. The quantitative estimate of drug-likeness (QED) is 0.871. The van der Waals surface area contributed by atoms with Crippen LogP contribution in [0.2, 0.25) is 5.02 Å². The number of nitrogens with zero attached hydrogens (tertiary/aromatic N) is 1. The first-order valence-corrected chi connectivity index (χ1v) is 7.74. The van der Waals surface area contributed by atoms with Gasteiger partial charge in [-0.15, -0.1) is 0 Å². The number of carboxylic acids is 1. The molecule has 0 radical (unpaired) electrons. The largest absolute Gasteiger partial charge is 0.481 e. The summed E-state index contributed by atoms with van der Waals surface area (Å²) in [5.74, 6) is -2.10. The highest BCUT2D eigenvalue weighted by molar-refractivity contribution is 6.30. The molecule has 4 unspecified atom stereocenters. The smallest absolute Gasteiger partial charge is 0.309 e. The number of aliphatic carboxylic acids is 1. The second-order valence-corrected chi connectivity index (χ2v) is 6.63. The van der Waals surface area contributed by atoms with E-state index in [-0.39, 0.29) is 17.9 Å². The molecule has 2 aliphatic rings. The summed E-state index contributed by atoms with van der Waals surface area (Å²) in [5.41, 5.74) is 1.92. The number of rotatable bonds is 3. The van der Waals surface area contributed by atoms with Gasteiger partial charge in [0.1, 0.15) is 0 Å². The number of carbonyl (C=O) groups is 2. The highest BCUT2D eigenvalue weighted by atomic mass is 35.5. The molecule has 0 spiro atoms. The van der Waals surface area contributed by atoms with E-state index in [1.807, 2.05) is 32.1 Å². The Morgan fingerprint density at radius 2 is 1.95 bits per heavy atom.